The second kappa shape index (κ2) is 9.59. The number of ether oxygens (including phenoxy) is 1. The molecule has 1 saturated heterocycles. The molecule has 2 aromatic rings. The van der Waals surface area contributed by atoms with Crippen molar-refractivity contribution < 1.29 is 9.53 Å². The zero-order valence-corrected chi connectivity index (χ0v) is 19.8. The number of piperidine rings is 1. The molecule has 1 aromatic heterocycles. The van der Waals surface area contributed by atoms with Crippen LogP contribution in [0.15, 0.2) is 18.2 Å². The van der Waals surface area contributed by atoms with Crippen LogP contribution in [0, 0.1) is 6.92 Å². The SMILES string of the molecule is Cc1nc(N2CCC(NC(=O)OC(C)(C)C)CC2)c(CN)nc1-c1cccc(Cl)c1Cl. The van der Waals surface area contributed by atoms with Crippen LogP contribution in [-0.2, 0) is 11.3 Å². The van der Waals surface area contributed by atoms with Gasteiger partial charge in [0.15, 0.2) is 5.82 Å². The van der Waals surface area contributed by atoms with Gasteiger partial charge in [-0.25, -0.2) is 14.8 Å². The zero-order chi connectivity index (χ0) is 22.8. The van der Waals surface area contributed by atoms with Crippen molar-refractivity contribution in [3.8, 4) is 11.3 Å². The smallest absolute Gasteiger partial charge is 0.407 e. The maximum Gasteiger partial charge on any atom is 0.407 e. The number of amides is 1. The third-order valence-electron chi connectivity index (χ3n) is 5.04. The zero-order valence-electron chi connectivity index (χ0n) is 18.3. The average Bonchev–Trinajstić information content (AvgIpc) is 2.69. The number of nitrogens with two attached hydrogens (primary N) is 1. The molecule has 168 valence electrons. The number of carbonyl (C=O) groups is 1. The largest absolute Gasteiger partial charge is 0.444 e. The highest BCUT2D eigenvalue weighted by Crippen LogP contribution is 2.35. The first-order valence-electron chi connectivity index (χ1n) is 10.4. The summed E-state index contributed by atoms with van der Waals surface area (Å²) in [6, 6.07) is 5.51. The number of nitrogens with zero attached hydrogens (tertiary/aromatic N) is 3. The summed E-state index contributed by atoms with van der Waals surface area (Å²) < 4.78 is 5.35. The van der Waals surface area contributed by atoms with Crippen LogP contribution in [0.2, 0.25) is 10.0 Å². The Kier molecular flexibility index (Phi) is 7.29. The minimum Gasteiger partial charge on any atom is -0.444 e. The van der Waals surface area contributed by atoms with Crippen LogP contribution in [0.1, 0.15) is 45.0 Å². The summed E-state index contributed by atoms with van der Waals surface area (Å²) in [5.41, 5.74) is 8.37. The Labute approximate surface area is 193 Å². The number of benzene rings is 1. The molecule has 3 rings (SSSR count). The molecule has 1 aliphatic rings. The van der Waals surface area contributed by atoms with Crippen LogP contribution in [0.4, 0.5) is 10.6 Å². The molecule has 1 aliphatic heterocycles. The van der Waals surface area contributed by atoms with Crippen molar-refractivity contribution in [3.63, 3.8) is 0 Å². The first-order chi connectivity index (χ1) is 14.6. The lowest BCUT2D eigenvalue weighted by Gasteiger charge is -2.34. The van der Waals surface area contributed by atoms with Gasteiger partial charge in [0.05, 0.1) is 27.1 Å². The molecule has 0 aliphatic carbocycles. The van der Waals surface area contributed by atoms with Crippen LogP contribution >= 0.6 is 23.2 Å². The van der Waals surface area contributed by atoms with E-state index >= 15 is 0 Å². The van der Waals surface area contributed by atoms with Gasteiger partial charge < -0.3 is 20.7 Å². The molecule has 1 fully saturated rings. The Morgan fingerprint density at radius 2 is 1.94 bits per heavy atom. The van der Waals surface area contributed by atoms with Crippen molar-refractivity contribution in [2.75, 3.05) is 18.0 Å². The third kappa shape index (κ3) is 5.79. The number of carbonyl (C=O) groups excluding carboxylic acids is 1. The molecule has 9 heteroatoms. The summed E-state index contributed by atoms with van der Waals surface area (Å²) in [5.74, 6) is 0.776. The fourth-order valence-corrected chi connectivity index (χ4v) is 3.97. The number of aryl methyl sites for hydroxylation is 1. The quantitative estimate of drug-likeness (QED) is 0.678. The van der Waals surface area contributed by atoms with Crippen LogP contribution in [0.5, 0.6) is 0 Å². The highest BCUT2D eigenvalue weighted by atomic mass is 35.5. The molecule has 0 saturated carbocycles. The Hall–Kier alpha value is -2.09. The fraction of sp³-hybridized carbons (Fsp3) is 0.500. The van der Waals surface area contributed by atoms with Gasteiger partial charge in [0.1, 0.15) is 5.60 Å². The molecule has 1 amide bonds. The number of aromatic nitrogens is 2. The summed E-state index contributed by atoms with van der Waals surface area (Å²) >= 11 is 12.6. The molecule has 1 aromatic carbocycles. The predicted molar refractivity (Wildman–Crippen MR) is 125 cm³/mol. The van der Waals surface area contributed by atoms with Gasteiger partial charge in [0.2, 0.25) is 0 Å². The van der Waals surface area contributed by atoms with Crippen molar-refractivity contribution in [2.24, 2.45) is 5.73 Å². The second-order valence-electron chi connectivity index (χ2n) is 8.64. The van der Waals surface area contributed by atoms with E-state index in [4.69, 9.17) is 43.6 Å². The van der Waals surface area contributed by atoms with Crippen LogP contribution in [0.3, 0.4) is 0 Å². The highest BCUT2D eigenvalue weighted by Gasteiger charge is 2.26. The van der Waals surface area contributed by atoms with E-state index in [1.807, 2.05) is 39.8 Å². The van der Waals surface area contributed by atoms with E-state index in [1.54, 1.807) is 6.07 Å². The van der Waals surface area contributed by atoms with Crippen molar-refractivity contribution in [3.05, 3.63) is 39.6 Å². The molecular weight excluding hydrogens is 437 g/mol. The topological polar surface area (TPSA) is 93.4 Å². The molecule has 0 spiro atoms. The van der Waals surface area contributed by atoms with Crippen LogP contribution < -0.4 is 16.0 Å². The Morgan fingerprint density at radius 1 is 1.26 bits per heavy atom. The van der Waals surface area contributed by atoms with E-state index in [9.17, 15) is 4.79 Å². The number of hydrogen-bond acceptors (Lipinski definition) is 6. The van der Waals surface area contributed by atoms with Crippen molar-refractivity contribution in [2.45, 2.75) is 58.7 Å². The number of rotatable bonds is 4. The van der Waals surface area contributed by atoms with Gasteiger partial charge in [-0.05, 0) is 46.6 Å². The van der Waals surface area contributed by atoms with Crippen LogP contribution in [-0.4, -0.2) is 40.8 Å². The van der Waals surface area contributed by atoms with E-state index in [0.717, 1.165) is 43.0 Å². The summed E-state index contributed by atoms with van der Waals surface area (Å²) in [6.45, 7) is 9.18. The normalized spacial score (nSPS) is 15.1. The maximum absolute atomic E-state index is 12.0. The molecule has 31 heavy (non-hydrogen) atoms. The summed E-state index contributed by atoms with van der Waals surface area (Å²) in [7, 11) is 0. The number of nitrogens with one attached hydrogen (secondary N) is 1. The van der Waals surface area contributed by atoms with Crippen LogP contribution in [0.25, 0.3) is 11.3 Å². The number of anilines is 1. The summed E-state index contributed by atoms with van der Waals surface area (Å²) in [4.78, 5) is 23.8. The van der Waals surface area contributed by atoms with E-state index in [-0.39, 0.29) is 18.7 Å². The number of alkyl carbamates (subject to hydrolysis) is 1. The predicted octanol–water partition coefficient (Wildman–Crippen LogP) is 4.71. The molecular formula is C22H29Cl2N5O2. The van der Waals surface area contributed by atoms with E-state index in [0.29, 0.717) is 21.4 Å². The average molecular weight is 466 g/mol. The first-order valence-corrected chi connectivity index (χ1v) is 11.1. The molecule has 3 N–H and O–H groups in total. The van der Waals surface area contributed by atoms with Gasteiger partial charge in [-0.3, -0.25) is 0 Å². The highest BCUT2D eigenvalue weighted by molar-refractivity contribution is 6.43. The molecule has 0 radical (unpaired) electrons. The lowest BCUT2D eigenvalue weighted by atomic mass is 10.0. The standard InChI is InChI=1S/C22H29Cl2N5O2/c1-13-19(15-6-5-7-16(23)18(15)24)28-17(12-25)20(26-13)29-10-8-14(9-11-29)27-21(30)31-22(2,3)4/h5-7,14H,8-12,25H2,1-4H3,(H,27,30). The minimum absolute atomic E-state index is 0.0611. The second-order valence-corrected chi connectivity index (χ2v) is 9.43. The Bertz CT molecular complexity index is 954. The van der Waals surface area contributed by atoms with E-state index in [1.165, 1.54) is 0 Å². The maximum atomic E-state index is 12.0. The van der Waals surface area contributed by atoms with Gasteiger partial charge in [-0.2, -0.15) is 0 Å². The van der Waals surface area contributed by atoms with Gasteiger partial charge in [-0.1, -0.05) is 35.3 Å². The molecule has 2 heterocycles. The summed E-state index contributed by atoms with van der Waals surface area (Å²) in [6.07, 6.45) is 1.18. The van der Waals surface area contributed by atoms with E-state index in [2.05, 4.69) is 10.2 Å². The molecule has 0 atom stereocenters. The van der Waals surface area contributed by atoms with Gasteiger partial charge >= 0.3 is 6.09 Å². The van der Waals surface area contributed by atoms with Crippen molar-refractivity contribution in [1.82, 2.24) is 15.3 Å². The van der Waals surface area contributed by atoms with Gasteiger partial charge in [0.25, 0.3) is 0 Å². The number of halogens is 2. The van der Waals surface area contributed by atoms with Crippen molar-refractivity contribution in [1.29, 1.82) is 0 Å². The third-order valence-corrected chi connectivity index (χ3v) is 5.86. The van der Waals surface area contributed by atoms with E-state index < -0.39 is 5.60 Å². The first kappa shape index (κ1) is 23.6. The van der Waals surface area contributed by atoms with Crippen molar-refractivity contribution >= 4 is 35.1 Å². The number of hydrogen-bond donors (Lipinski definition) is 2. The van der Waals surface area contributed by atoms with Gasteiger partial charge in [0, 0.05) is 31.2 Å². The lowest BCUT2D eigenvalue weighted by molar-refractivity contribution is 0.0497. The molecule has 0 bridgehead atoms. The Morgan fingerprint density at radius 3 is 2.55 bits per heavy atom. The monoisotopic (exact) mass is 465 g/mol. The summed E-state index contributed by atoms with van der Waals surface area (Å²) in [5, 5.41) is 3.87. The minimum atomic E-state index is -0.512. The molecule has 0 unspecified atom stereocenters. The molecule has 7 nitrogen and oxygen atoms in total. The lowest BCUT2D eigenvalue weighted by Crippen LogP contribution is -2.46. The van der Waals surface area contributed by atoms with Gasteiger partial charge in [-0.15, -0.1) is 0 Å². The fourth-order valence-electron chi connectivity index (χ4n) is 3.58. The Balaban J connectivity index is 1.75.